The van der Waals surface area contributed by atoms with Crippen LogP contribution in [0, 0.1) is 0 Å². The molecule has 1 aliphatic carbocycles. The third-order valence-electron chi connectivity index (χ3n) is 4.84. The minimum absolute atomic E-state index is 0.184. The molecule has 3 N–H and O–H groups in total. The second-order valence-corrected chi connectivity index (χ2v) is 6.55. The van der Waals surface area contributed by atoms with Gasteiger partial charge in [-0.05, 0) is 37.1 Å². The SMILES string of the molecule is COc1ccc(NC(=O)c2cnc(N(C)C3CCCCC3)nc2N)cc1. The Hall–Kier alpha value is -2.83. The topological polar surface area (TPSA) is 93.4 Å². The van der Waals surface area contributed by atoms with Crippen LogP contribution in [-0.4, -0.2) is 36.1 Å². The molecule has 1 aromatic carbocycles. The van der Waals surface area contributed by atoms with E-state index in [0.29, 0.717) is 17.7 Å². The molecule has 1 amide bonds. The highest BCUT2D eigenvalue weighted by Gasteiger charge is 2.21. The van der Waals surface area contributed by atoms with Crippen molar-refractivity contribution >= 4 is 23.4 Å². The first-order chi connectivity index (χ1) is 12.6. The van der Waals surface area contributed by atoms with Crippen LogP contribution in [0.25, 0.3) is 0 Å². The fraction of sp³-hybridized carbons (Fsp3) is 0.421. The minimum atomic E-state index is -0.334. The lowest BCUT2D eigenvalue weighted by Crippen LogP contribution is -2.34. The highest BCUT2D eigenvalue weighted by atomic mass is 16.5. The number of nitrogens with two attached hydrogens (primary N) is 1. The van der Waals surface area contributed by atoms with Gasteiger partial charge < -0.3 is 20.7 Å². The summed E-state index contributed by atoms with van der Waals surface area (Å²) in [6.07, 6.45) is 7.52. The van der Waals surface area contributed by atoms with Gasteiger partial charge in [0.1, 0.15) is 17.1 Å². The first-order valence-electron chi connectivity index (χ1n) is 8.89. The molecule has 3 rings (SSSR count). The quantitative estimate of drug-likeness (QED) is 0.856. The molecule has 1 heterocycles. The van der Waals surface area contributed by atoms with Gasteiger partial charge in [-0.2, -0.15) is 4.98 Å². The zero-order valence-electron chi connectivity index (χ0n) is 15.2. The molecule has 0 radical (unpaired) electrons. The van der Waals surface area contributed by atoms with Crippen LogP contribution in [0.4, 0.5) is 17.5 Å². The normalized spacial score (nSPS) is 14.7. The number of methoxy groups -OCH3 is 1. The molecule has 138 valence electrons. The Kier molecular flexibility index (Phi) is 5.55. The average Bonchev–Trinajstić information content (AvgIpc) is 2.68. The molecule has 7 heteroatoms. The summed E-state index contributed by atoms with van der Waals surface area (Å²) in [5.41, 5.74) is 6.95. The van der Waals surface area contributed by atoms with Crippen LogP contribution in [0.15, 0.2) is 30.5 Å². The maximum absolute atomic E-state index is 12.5. The van der Waals surface area contributed by atoms with Crippen molar-refractivity contribution in [2.75, 3.05) is 30.1 Å². The standard InChI is InChI=1S/C19H25N5O2/c1-24(14-6-4-3-5-7-14)19-21-12-16(17(20)23-19)18(25)22-13-8-10-15(26-2)11-9-13/h8-12,14H,3-7H2,1-2H3,(H,22,25)(H2,20,21,23). The summed E-state index contributed by atoms with van der Waals surface area (Å²) >= 11 is 0. The van der Waals surface area contributed by atoms with E-state index in [1.54, 1.807) is 31.4 Å². The second kappa shape index (κ2) is 8.03. The van der Waals surface area contributed by atoms with Crippen LogP contribution in [-0.2, 0) is 0 Å². The summed E-state index contributed by atoms with van der Waals surface area (Å²) < 4.78 is 5.11. The van der Waals surface area contributed by atoms with E-state index in [-0.39, 0.29) is 17.3 Å². The number of aromatic nitrogens is 2. The van der Waals surface area contributed by atoms with Crippen LogP contribution < -0.4 is 20.7 Å². The molecule has 26 heavy (non-hydrogen) atoms. The summed E-state index contributed by atoms with van der Waals surface area (Å²) in [6, 6.07) is 7.51. The third-order valence-corrected chi connectivity index (χ3v) is 4.84. The molecule has 0 spiro atoms. The first kappa shape index (κ1) is 18.0. The maximum atomic E-state index is 12.5. The number of ether oxygens (including phenoxy) is 1. The number of hydrogen-bond acceptors (Lipinski definition) is 6. The molecule has 0 atom stereocenters. The van der Waals surface area contributed by atoms with Gasteiger partial charge in [-0.1, -0.05) is 19.3 Å². The maximum Gasteiger partial charge on any atom is 0.260 e. The van der Waals surface area contributed by atoms with E-state index in [1.807, 2.05) is 7.05 Å². The summed E-state index contributed by atoms with van der Waals surface area (Å²) in [5, 5.41) is 2.79. The number of carbonyl (C=O) groups is 1. The first-order valence-corrected chi connectivity index (χ1v) is 8.89. The zero-order valence-corrected chi connectivity index (χ0v) is 15.2. The van der Waals surface area contributed by atoms with Crippen LogP contribution in [0.3, 0.4) is 0 Å². The predicted molar refractivity (Wildman–Crippen MR) is 103 cm³/mol. The highest BCUT2D eigenvalue weighted by Crippen LogP contribution is 2.25. The van der Waals surface area contributed by atoms with Crippen molar-refractivity contribution in [3.05, 3.63) is 36.0 Å². The van der Waals surface area contributed by atoms with Crippen LogP contribution in [0.5, 0.6) is 5.75 Å². The van der Waals surface area contributed by atoms with Crippen LogP contribution in [0.1, 0.15) is 42.5 Å². The van der Waals surface area contributed by atoms with Crippen LogP contribution in [0.2, 0.25) is 0 Å². The van der Waals surface area contributed by atoms with E-state index >= 15 is 0 Å². The van der Waals surface area contributed by atoms with Gasteiger partial charge in [0.05, 0.1) is 7.11 Å². The van der Waals surface area contributed by atoms with E-state index in [9.17, 15) is 4.79 Å². The smallest absolute Gasteiger partial charge is 0.260 e. The summed E-state index contributed by atoms with van der Waals surface area (Å²) in [4.78, 5) is 23.2. The third kappa shape index (κ3) is 4.04. The van der Waals surface area contributed by atoms with Crippen molar-refractivity contribution in [3.63, 3.8) is 0 Å². The predicted octanol–water partition coefficient (Wildman–Crippen LogP) is 3.09. The van der Waals surface area contributed by atoms with Gasteiger partial charge in [0, 0.05) is 25.0 Å². The number of rotatable bonds is 5. The lowest BCUT2D eigenvalue weighted by molar-refractivity contribution is 0.102. The number of nitrogens with one attached hydrogen (secondary N) is 1. The van der Waals surface area contributed by atoms with Gasteiger partial charge >= 0.3 is 0 Å². The summed E-state index contributed by atoms with van der Waals surface area (Å²) in [5.74, 6) is 1.14. The molecule has 0 aliphatic heterocycles. The number of carbonyl (C=O) groups excluding carboxylic acids is 1. The Morgan fingerprint density at radius 3 is 2.54 bits per heavy atom. The van der Waals surface area contributed by atoms with Crippen molar-refractivity contribution in [3.8, 4) is 5.75 Å². The van der Waals surface area contributed by atoms with E-state index in [0.717, 1.165) is 18.6 Å². The molecule has 0 unspecified atom stereocenters. The second-order valence-electron chi connectivity index (χ2n) is 6.55. The van der Waals surface area contributed by atoms with Gasteiger partial charge in [0.25, 0.3) is 5.91 Å². The number of anilines is 3. The van der Waals surface area contributed by atoms with Gasteiger partial charge in [-0.3, -0.25) is 4.79 Å². The molecule has 0 saturated heterocycles. The Bertz CT molecular complexity index is 757. The number of benzene rings is 1. The molecule has 7 nitrogen and oxygen atoms in total. The number of hydrogen-bond donors (Lipinski definition) is 2. The molecular weight excluding hydrogens is 330 g/mol. The van der Waals surface area contributed by atoms with E-state index in [2.05, 4.69) is 20.2 Å². The van der Waals surface area contributed by atoms with E-state index in [1.165, 1.54) is 25.5 Å². The van der Waals surface area contributed by atoms with Crippen molar-refractivity contribution in [2.24, 2.45) is 0 Å². The molecule has 1 aliphatic rings. The number of nitrogen functional groups attached to an aromatic ring is 1. The van der Waals surface area contributed by atoms with Gasteiger partial charge in [0.2, 0.25) is 5.95 Å². The highest BCUT2D eigenvalue weighted by molar-refractivity contribution is 6.07. The Morgan fingerprint density at radius 1 is 1.23 bits per heavy atom. The summed E-state index contributed by atoms with van der Waals surface area (Å²) in [6.45, 7) is 0. The molecule has 0 bridgehead atoms. The van der Waals surface area contributed by atoms with Gasteiger partial charge in [0.15, 0.2) is 0 Å². The molecule has 2 aromatic rings. The van der Waals surface area contributed by atoms with Crippen molar-refractivity contribution in [1.82, 2.24) is 9.97 Å². The van der Waals surface area contributed by atoms with E-state index < -0.39 is 0 Å². The average molecular weight is 355 g/mol. The molecule has 1 aromatic heterocycles. The monoisotopic (exact) mass is 355 g/mol. The minimum Gasteiger partial charge on any atom is -0.497 e. The van der Waals surface area contributed by atoms with Gasteiger partial charge in [-0.25, -0.2) is 4.98 Å². The molecule has 1 fully saturated rings. The van der Waals surface area contributed by atoms with Crippen molar-refractivity contribution < 1.29 is 9.53 Å². The Morgan fingerprint density at radius 2 is 1.92 bits per heavy atom. The van der Waals surface area contributed by atoms with Crippen molar-refractivity contribution in [2.45, 2.75) is 38.1 Å². The summed E-state index contributed by atoms with van der Waals surface area (Å²) in [7, 11) is 3.58. The fourth-order valence-corrected chi connectivity index (χ4v) is 3.23. The lowest BCUT2D eigenvalue weighted by Gasteiger charge is -2.31. The molecule has 1 saturated carbocycles. The van der Waals surface area contributed by atoms with Crippen LogP contribution >= 0.6 is 0 Å². The number of nitrogens with zero attached hydrogens (tertiary/aromatic N) is 3. The fourth-order valence-electron chi connectivity index (χ4n) is 3.23. The largest absolute Gasteiger partial charge is 0.497 e. The zero-order chi connectivity index (χ0) is 18.5. The number of amides is 1. The lowest BCUT2D eigenvalue weighted by atomic mass is 9.95. The Labute approximate surface area is 153 Å². The molecular formula is C19H25N5O2. The van der Waals surface area contributed by atoms with E-state index in [4.69, 9.17) is 10.5 Å². The Balaban J connectivity index is 1.70. The van der Waals surface area contributed by atoms with Gasteiger partial charge in [-0.15, -0.1) is 0 Å². The van der Waals surface area contributed by atoms with Crippen molar-refractivity contribution in [1.29, 1.82) is 0 Å².